The topological polar surface area (TPSA) is 80.1 Å². The Labute approximate surface area is 187 Å². The van der Waals surface area contributed by atoms with E-state index >= 15 is 0 Å². The zero-order valence-electron chi connectivity index (χ0n) is 17.8. The van der Waals surface area contributed by atoms with Gasteiger partial charge in [-0.2, -0.15) is 0 Å². The van der Waals surface area contributed by atoms with Crippen LogP contribution in [0.1, 0.15) is 48.8 Å². The van der Waals surface area contributed by atoms with Crippen molar-refractivity contribution in [3.05, 3.63) is 41.2 Å². The summed E-state index contributed by atoms with van der Waals surface area (Å²) in [7, 11) is 5.48. The number of anilines is 1. The van der Waals surface area contributed by atoms with Crippen molar-refractivity contribution in [3.8, 4) is 11.5 Å². The Hall–Kier alpha value is -2.19. The molecule has 2 aromatic rings. The van der Waals surface area contributed by atoms with Crippen LogP contribution in [-0.2, 0) is 0 Å². The zero-order chi connectivity index (χ0) is 20.5. The number of benzene rings is 1. The molecule has 1 saturated carbocycles. The monoisotopic (exact) mass is 476 g/mol. The van der Waals surface area contributed by atoms with E-state index in [0.717, 1.165) is 41.0 Å². The van der Waals surface area contributed by atoms with Gasteiger partial charge in [-0.25, -0.2) is 9.97 Å². The molecule has 0 radical (unpaired) electrons. The molecule has 8 heteroatoms. The van der Waals surface area contributed by atoms with Crippen molar-refractivity contribution < 1.29 is 14.6 Å². The highest BCUT2D eigenvalue weighted by Gasteiger charge is 2.37. The van der Waals surface area contributed by atoms with Gasteiger partial charge in [0.25, 0.3) is 0 Å². The lowest BCUT2D eigenvalue weighted by molar-refractivity contribution is 0.111. The number of hydrogen-bond acceptors (Lipinski definition) is 7. The van der Waals surface area contributed by atoms with Crippen LogP contribution >= 0.6 is 17.0 Å². The van der Waals surface area contributed by atoms with Crippen LogP contribution in [0.25, 0.3) is 0 Å². The number of rotatable bonds is 5. The van der Waals surface area contributed by atoms with Gasteiger partial charge in [0.2, 0.25) is 5.95 Å². The molecule has 1 aromatic heterocycles. The minimum absolute atomic E-state index is 0. The van der Waals surface area contributed by atoms with E-state index in [0.29, 0.717) is 24.7 Å². The number of aliphatic hydroxyl groups is 1. The van der Waals surface area contributed by atoms with E-state index in [1.54, 1.807) is 7.11 Å². The number of aliphatic hydroxyl groups excluding tert-OH is 1. The maximum atomic E-state index is 10.3. The van der Waals surface area contributed by atoms with Crippen molar-refractivity contribution in [1.82, 2.24) is 9.97 Å². The Morgan fingerprint density at radius 1 is 1.13 bits per heavy atom. The van der Waals surface area contributed by atoms with Gasteiger partial charge in [0.05, 0.1) is 31.6 Å². The second-order valence-electron chi connectivity index (χ2n) is 7.81. The minimum Gasteiger partial charge on any atom is -0.493 e. The molecule has 2 heterocycles. The number of aromatic nitrogens is 2. The second kappa shape index (κ2) is 9.31. The van der Waals surface area contributed by atoms with Gasteiger partial charge in [-0.15, -0.1) is 17.0 Å². The molecule has 7 nitrogen and oxygen atoms in total. The van der Waals surface area contributed by atoms with E-state index in [4.69, 9.17) is 14.5 Å². The molecule has 0 saturated heterocycles. The summed E-state index contributed by atoms with van der Waals surface area (Å²) >= 11 is 0. The van der Waals surface area contributed by atoms with E-state index in [-0.39, 0.29) is 35.0 Å². The number of methoxy groups -OCH3 is 1. The standard InChI is InChI=1S/C22H28N4O3.BrH/c1-5-29-20-9-15-16-8-14(27)6-7-18(16)25-21(17(15)10-19(20)28-4)13-11-23-22(24-12-13)26(2)3;/h9-12,14,16,18,27H,5-8H2,1-4H3;1H/t14-,16-,18-;/m1./s1. The largest absolute Gasteiger partial charge is 0.493 e. The molecule has 30 heavy (non-hydrogen) atoms. The van der Waals surface area contributed by atoms with Gasteiger partial charge < -0.3 is 19.5 Å². The number of ether oxygens (including phenoxy) is 2. The number of nitrogens with zero attached hydrogens (tertiary/aromatic N) is 4. The van der Waals surface area contributed by atoms with Crippen molar-refractivity contribution in [3.63, 3.8) is 0 Å². The highest BCUT2D eigenvalue weighted by molar-refractivity contribution is 8.93. The van der Waals surface area contributed by atoms with Gasteiger partial charge >= 0.3 is 0 Å². The van der Waals surface area contributed by atoms with E-state index in [1.165, 1.54) is 0 Å². The Bertz CT molecular complexity index is 917. The number of hydrogen-bond donors (Lipinski definition) is 1. The molecule has 2 aliphatic rings. The summed E-state index contributed by atoms with van der Waals surface area (Å²) in [6, 6.07) is 4.20. The third-order valence-corrected chi connectivity index (χ3v) is 5.68. The molecule has 0 spiro atoms. The van der Waals surface area contributed by atoms with E-state index in [1.807, 2.05) is 44.4 Å². The Kier molecular flexibility index (Phi) is 6.98. The van der Waals surface area contributed by atoms with Crippen LogP contribution in [0.15, 0.2) is 29.5 Å². The van der Waals surface area contributed by atoms with Crippen LogP contribution < -0.4 is 14.4 Å². The third kappa shape index (κ3) is 4.16. The maximum absolute atomic E-state index is 10.3. The summed E-state index contributed by atoms with van der Waals surface area (Å²) in [5, 5.41) is 10.3. The summed E-state index contributed by atoms with van der Waals surface area (Å²) in [5.74, 6) is 2.24. The summed E-state index contributed by atoms with van der Waals surface area (Å²) in [4.78, 5) is 15.9. The van der Waals surface area contributed by atoms with E-state index in [2.05, 4.69) is 16.0 Å². The molecule has 0 bridgehead atoms. The lowest BCUT2D eigenvalue weighted by Gasteiger charge is -2.37. The fraction of sp³-hybridized carbons (Fsp3) is 0.500. The first kappa shape index (κ1) is 22.5. The molecular formula is C22H29BrN4O3. The lowest BCUT2D eigenvalue weighted by Crippen LogP contribution is -2.34. The fourth-order valence-electron chi connectivity index (χ4n) is 4.28. The molecule has 1 fully saturated rings. The van der Waals surface area contributed by atoms with Gasteiger partial charge in [0.1, 0.15) is 0 Å². The predicted molar refractivity (Wildman–Crippen MR) is 123 cm³/mol. The first-order valence-electron chi connectivity index (χ1n) is 10.1. The van der Waals surface area contributed by atoms with E-state index in [9.17, 15) is 5.11 Å². The van der Waals surface area contributed by atoms with Crippen molar-refractivity contribution in [2.45, 2.75) is 44.2 Å². The molecule has 4 rings (SSSR count). The van der Waals surface area contributed by atoms with Crippen LogP contribution in [0.3, 0.4) is 0 Å². The molecule has 1 aliphatic carbocycles. The van der Waals surface area contributed by atoms with Crippen molar-refractivity contribution in [2.24, 2.45) is 4.99 Å². The number of fused-ring (bicyclic) bond motifs is 3. The highest BCUT2D eigenvalue weighted by Crippen LogP contribution is 2.44. The summed E-state index contributed by atoms with van der Waals surface area (Å²) < 4.78 is 11.4. The van der Waals surface area contributed by atoms with Crippen molar-refractivity contribution >= 4 is 28.6 Å². The molecule has 1 aliphatic heterocycles. The van der Waals surface area contributed by atoms with Crippen LogP contribution in [-0.4, -0.2) is 60.7 Å². The molecule has 0 amide bonds. The molecule has 162 valence electrons. The average molecular weight is 477 g/mol. The van der Waals surface area contributed by atoms with Gasteiger partial charge in [0, 0.05) is 43.5 Å². The molecule has 3 atom stereocenters. The average Bonchev–Trinajstić information content (AvgIpc) is 2.73. The maximum Gasteiger partial charge on any atom is 0.224 e. The molecular weight excluding hydrogens is 448 g/mol. The molecule has 1 aromatic carbocycles. The zero-order valence-corrected chi connectivity index (χ0v) is 19.5. The summed E-state index contributed by atoms with van der Waals surface area (Å²) in [5.41, 5.74) is 3.92. The van der Waals surface area contributed by atoms with Gasteiger partial charge in [0.15, 0.2) is 11.5 Å². The van der Waals surface area contributed by atoms with Crippen molar-refractivity contribution in [1.29, 1.82) is 0 Å². The SMILES string of the molecule is Br.CCOc1cc2c(cc1OC)C(c1cnc(N(C)C)nc1)=N[C@@H]1CC[C@@H](O)C[C@H]21. The third-order valence-electron chi connectivity index (χ3n) is 5.68. The van der Waals surface area contributed by atoms with Crippen molar-refractivity contribution in [2.75, 3.05) is 32.7 Å². The lowest BCUT2D eigenvalue weighted by atomic mass is 9.74. The Morgan fingerprint density at radius 2 is 1.87 bits per heavy atom. The normalized spacial score (nSPS) is 22.2. The van der Waals surface area contributed by atoms with Gasteiger partial charge in [-0.1, -0.05) is 0 Å². The fourth-order valence-corrected chi connectivity index (χ4v) is 4.28. The van der Waals surface area contributed by atoms with Gasteiger partial charge in [-0.3, -0.25) is 4.99 Å². The van der Waals surface area contributed by atoms with Crippen LogP contribution in [0.2, 0.25) is 0 Å². The first-order valence-corrected chi connectivity index (χ1v) is 10.1. The summed E-state index contributed by atoms with van der Waals surface area (Å²) in [6.45, 7) is 2.52. The smallest absolute Gasteiger partial charge is 0.224 e. The van der Waals surface area contributed by atoms with Gasteiger partial charge in [-0.05, 0) is 43.9 Å². The Balaban J connectivity index is 0.00000256. The quantitative estimate of drug-likeness (QED) is 0.712. The van der Waals surface area contributed by atoms with Crippen LogP contribution in [0, 0.1) is 0 Å². The molecule has 0 unspecified atom stereocenters. The minimum atomic E-state index is -0.291. The number of aliphatic imine (C=N–C) groups is 1. The van der Waals surface area contributed by atoms with Crippen LogP contribution in [0.5, 0.6) is 11.5 Å². The first-order chi connectivity index (χ1) is 14.0. The molecule has 1 N–H and O–H groups in total. The summed E-state index contributed by atoms with van der Waals surface area (Å²) in [6.07, 6.45) is 5.71. The second-order valence-corrected chi connectivity index (χ2v) is 7.81. The predicted octanol–water partition coefficient (Wildman–Crippen LogP) is 3.38. The van der Waals surface area contributed by atoms with Crippen LogP contribution in [0.4, 0.5) is 5.95 Å². The highest BCUT2D eigenvalue weighted by atomic mass is 79.9. The Morgan fingerprint density at radius 3 is 2.50 bits per heavy atom. The van der Waals surface area contributed by atoms with E-state index < -0.39 is 0 Å². The number of halogens is 1.